The fraction of sp³-hybridized carbons (Fsp3) is 0.417. The standard InChI is InChI=1S/C24H29N3O4S/c1-14(2)12-24(22(30)31)13-17(19(25)28)18(20-26-10-11-32-20)27(24)21(29)15-6-8-16(9-7-15)23(3,4)5/h6-11,13-14,18H,12H2,1-5H3,(H2,25,28)(H,30,31)/t18-,24+/m1/s1. The van der Waals surface area contributed by atoms with E-state index >= 15 is 0 Å². The Hall–Kier alpha value is -3.00. The molecule has 1 aromatic carbocycles. The molecule has 3 rings (SSSR count). The summed E-state index contributed by atoms with van der Waals surface area (Å²) >= 11 is 1.25. The van der Waals surface area contributed by atoms with E-state index in [4.69, 9.17) is 5.73 Å². The van der Waals surface area contributed by atoms with Crippen LogP contribution < -0.4 is 5.73 Å². The second-order valence-electron chi connectivity index (χ2n) is 9.57. The minimum Gasteiger partial charge on any atom is -0.479 e. The second kappa shape index (κ2) is 8.50. The summed E-state index contributed by atoms with van der Waals surface area (Å²) in [4.78, 5) is 44.4. The highest BCUT2D eigenvalue weighted by Crippen LogP contribution is 2.46. The summed E-state index contributed by atoms with van der Waals surface area (Å²) in [6, 6.07) is 6.18. The first kappa shape index (κ1) is 23.7. The van der Waals surface area contributed by atoms with Gasteiger partial charge < -0.3 is 15.7 Å². The summed E-state index contributed by atoms with van der Waals surface area (Å²) in [5.41, 5.74) is 5.31. The molecule has 7 nitrogen and oxygen atoms in total. The van der Waals surface area contributed by atoms with Crippen molar-refractivity contribution in [2.45, 2.75) is 58.0 Å². The Morgan fingerprint density at radius 3 is 2.28 bits per heavy atom. The molecule has 8 heteroatoms. The predicted octanol–water partition coefficient (Wildman–Crippen LogP) is 3.92. The van der Waals surface area contributed by atoms with E-state index in [1.54, 1.807) is 23.7 Å². The summed E-state index contributed by atoms with van der Waals surface area (Å²) in [6.45, 7) is 9.97. The SMILES string of the molecule is CC(C)C[C@@]1(C(=O)O)C=C(C(N)=O)[C@H](c2nccs2)N1C(=O)c1ccc(C(C)(C)C)cc1. The van der Waals surface area contributed by atoms with Gasteiger partial charge in [0.2, 0.25) is 5.91 Å². The van der Waals surface area contributed by atoms with E-state index in [1.807, 2.05) is 26.0 Å². The average Bonchev–Trinajstić information content (AvgIpc) is 3.33. The number of benzene rings is 1. The number of aromatic nitrogens is 1. The van der Waals surface area contributed by atoms with E-state index in [1.165, 1.54) is 22.3 Å². The van der Waals surface area contributed by atoms with E-state index < -0.39 is 29.4 Å². The normalized spacial score (nSPS) is 21.0. The molecule has 0 spiro atoms. The molecule has 2 aromatic rings. The van der Waals surface area contributed by atoms with Crippen LogP contribution in [0.15, 0.2) is 47.5 Å². The van der Waals surface area contributed by atoms with Gasteiger partial charge in [-0.05, 0) is 41.5 Å². The quantitative estimate of drug-likeness (QED) is 0.685. The number of carboxylic acid groups (broad SMARTS) is 1. The van der Waals surface area contributed by atoms with Gasteiger partial charge in [-0.25, -0.2) is 9.78 Å². The second-order valence-corrected chi connectivity index (χ2v) is 10.5. The number of thiazole rings is 1. The molecule has 0 unspecified atom stereocenters. The van der Waals surface area contributed by atoms with Crippen molar-refractivity contribution < 1.29 is 19.5 Å². The van der Waals surface area contributed by atoms with Crippen LogP contribution in [0.2, 0.25) is 0 Å². The molecule has 0 bridgehead atoms. The Morgan fingerprint density at radius 1 is 1.22 bits per heavy atom. The smallest absolute Gasteiger partial charge is 0.333 e. The number of hydrogen-bond donors (Lipinski definition) is 2. The number of hydrogen-bond acceptors (Lipinski definition) is 5. The van der Waals surface area contributed by atoms with Crippen molar-refractivity contribution in [1.82, 2.24) is 9.88 Å². The first-order valence-electron chi connectivity index (χ1n) is 10.5. The topological polar surface area (TPSA) is 114 Å². The number of amides is 2. The van der Waals surface area contributed by atoms with Crippen LogP contribution in [-0.2, 0) is 15.0 Å². The van der Waals surface area contributed by atoms with Crippen molar-refractivity contribution >= 4 is 29.1 Å². The monoisotopic (exact) mass is 455 g/mol. The van der Waals surface area contributed by atoms with Crippen LogP contribution >= 0.6 is 11.3 Å². The van der Waals surface area contributed by atoms with E-state index in [2.05, 4.69) is 25.8 Å². The van der Waals surface area contributed by atoms with E-state index in [-0.39, 0.29) is 23.3 Å². The van der Waals surface area contributed by atoms with Crippen molar-refractivity contribution in [2.75, 3.05) is 0 Å². The van der Waals surface area contributed by atoms with Crippen LogP contribution in [-0.4, -0.2) is 38.3 Å². The highest BCUT2D eigenvalue weighted by Gasteiger charge is 2.56. The lowest BCUT2D eigenvalue weighted by Gasteiger charge is -2.38. The van der Waals surface area contributed by atoms with Crippen LogP contribution in [0, 0.1) is 5.92 Å². The van der Waals surface area contributed by atoms with Gasteiger partial charge in [0.05, 0.1) is 0 Å². The zero-order chi connectivity index (χ0) is 23.8. The number of nitrogens with two attached hydrogens (primary N) is 1. The van der Waals surface area contributed by atoms with Crippen molar-refractivity contribution in [1.29, 1.82) is 0 Å². The Morgan fingerprint density at radius 2 is 1.84 bits per heavy atom. The Balaban J connectivity index is 2.19. The molecule has 1 aromatic heterocycles. The number of nitrogens with zero attached hydrogens (tertiary/aromatic N) is 2. The van der Waals surface area contributed by atoms with E-state index in [0.717, 1.165) is 5.56 Å². The molecule has 0 saturated heterocycles. The third-order valence-corrected chi connectivity index (χ3v) is 6.48. The van der Waals surface area contributed by atoms with Gasteiger partial charge in [0.1, 0.15) is 11.0 Å². The Kier molecular flexibility index (Phi) is 6.29. The Labute approximate surface area is 192 Å². The minimum atomic E-state index is -1.71. The maximum Gasteiger partial charge on any atom is 0.333 e. The molecule has 2 atom stereocenters. The Bertz CT molecular complexity index is 1050. The van der Waals surface area contributed by atoms with Gasteiger partial charge in [-0.15, -0.1) is 11.3 Å². The molecule has 3 N–H and O–H groups in total. The van der Waals surface area contributed by atoms with Gasteiger partial charge in [-0.2, -0.15) is 0 Å². The summed E-state index contributed by atoms with van der Waals surface area (Å²) in [5.74, 6) is -2.52. The fourth-order valence-corrected chi connectivity index (χ4v) is 4.92. The molecule has 170 valence electrons. The van der Waals surface area contributed by atoms with Crippen LogP contribution in [0.4, 0.5) is 0 Å². The lowest BCUT2D eigenvalue weighted by molar-refractivity contribution is -0.148. The molecule has 0 saturated carbocycles. The summed E-state index contributed by atoms with van der Waals surface area (Å²) in [5, 5.41) is 12.5. The van der Waals surface area contributed by atoms with Crippen LogP contribution in [0.25, 0.3) is 0 Å². The van der Waals surface area contributed by atoms with Gasteiger partial charge in [0.15, 0.2) is 5.54 Å². The molecule has 1 aliphatic heterocycles. The predicted molar refractivity (Wildman–Crippen MR) is 123 cm³/mol. The molecule has 2 heterocycles. The average molecular weight is 456 g/mol. The number of aliphatic carboxylic acids is 1. The van der Waals surface area contributed by atoms with Crippen LogP contribution in [0.1, 0.15) is 68.0 Å². The zero-order valence-electron chi connectivity index (χ0n) is 19.0. The van der Waals surface area contributed by atoms with Gasteiger partial charge in [0, 0.05) is 22.7 Å². The van der Waals surface area contributed by atoms with E-state index in [0.29, 0.717) is 10.6 Å². The van der Waals surface area contributed by atoms with Crippen molar-refractivity contribution in [3.05, 3.63) is 63.6 Å². The first-order chi connectivity index (χ1) is 14.9. The lowest BCUT2D eigenvalue weighted by Crippen LogP contribution is -2.55. The number of rotatable bonds is 6. The molecule has 2 amide bonds. The third kappa shape index (κ3) is 4.19. The maximum absolute atomic E-state index is 13.8. The number of carbonyl (C=O) groups excluding carboxylic acids is 2. The molecular formula is C24H29N3O4S. The molecule has 0 radical (unpaired) electrons. The van der Waals surface area contributed by atoms with Gasteiger partial charge in [-0.3, -0.25) is 9.59 Å². The minimum absolute atomic E-state index is 0.0647. The third-order valence-electron chi connectivity index (χ3n) is 5.65. The summed E-state index contributed by atoms with van der Waals surface area (Å²) < 4.78 is 0. The molecule has 0 fully saturated rings. The van der Waals surface area contributed by atoms with Crippen molar-refractivity contribution in [3.63, 3.8) is 0 Å². The highest BCUT2D eigenvalue weighted by molar-refractivity contribution is 7.09. The van der Waals surface area contributed by atoms with Crippen molar-refractivity contribution in [3.8, 4) is 0 Å². The van der Waals surface area contributed by atoms with Gasteiger partial charge in [-0.1, -0.05) is 46.8 Å². The highest BCUT2D eigenvalue weighted by atomic mass is 32.1. The number of primary amides is 1. The zero-order valence-corrected chi connectivity index (χ0v) is 19.8. The van der Waals surface area contributed by atoms with Crippen molar-refractivity contribution in [2.24, 2.45) is 11.7 Å². The molecule has 0 aliphatic carbocycles. The summed E-state index contributed by atoms with van der Waals surface area (Å²) in [6.07, 6.45) is 3.04. The number of carbonyl (C=O) groups is 3. The van der Waals surface area contributed by atoms with Gasteiger partial charge in [0.25, 0.3) is 5.91 Å². The largest absolute Gasteiger partial charge is 0.479 e. The lowest BCUT2D eigenvalue weighted by atomic mass is 9.86. The van der Waals surface area contributed by atoms with Crippen LogP contribution in [0.5, 0.6) is 0 Å². The number of carboxylic acids is 1. The maximum atomic E-state index is 13.8. The van der Waals surface area contributed by atoms with Crippen LogP contribution in [0.3, 0.4) is 0 Å². The first-order valence-corrected chi connectivity index (χ1v) is 11.4. The molecule has 1 aliphatic rings. The van der Waals surface area contributed by atoms with Gasteiger partial charge >= 0.3 is 5.97 Å². The molecular weight excluding hydrogens is 426 g/mol. The molecule has 32 heavy (non-hydrogen) atoms. The fourth-order valence-electron chi connectivity index (χ4n) is 4.18. The summed E-state index contributed by atoms with van der Waals surface area (Å²) in [7, 11) is 0. The van der Waals surface area contributed by atoms with E-state index in [9.17, 15) is 19.5 Å².